The monoisotopic (exact) mass is 567 g/mol. The molecule has 1 heterocycles. The molecule has 0 spiro atoms. The van der Waals surface area contributed by atoms with Crippen LogP contribution in [0.3, 0.4) is 0 Å². The summed E-state index contributed by atoms with van der Waals surface area (Å²) in [4.78, 5) is 14.5. The molecule has 4 rings (SSSR count). The lowest BCUT2D eigenvalue weighted by Gasteiger charge is -2.39. The molecule has 0 saturated carbocycles. The van der Waals surface area contributed by atoms with Crippen LogP contribution in [0.1, 0.15) is 15.9 Å². The van der Waals surface area contributed by atoms with Crippen molar-refractivity contribution in [3.63, 3.8) is 0 Å². The molecule has 0 unspecified atom stereocenters. The van der Waals surface area contributed by atoms with Crippen LogP contribution in [0.2, 0.25) is 0 Å². The Bertz CT molecular complexity index is 1190. The maximum Gasteiger partial charge on any atom is 0.256 e. The number of nitrogens with zero attached hydrogens (tertiary/aromatic N) is 1. The molecule has 3 aromatic carbocycles. The molecule has 172 valence electrons. The lowest BCUT2D eigenvalue weighted by atomic mass is 9.98. The summed E-state index contributed by atoms with van der Waals surface area (Å²) in [5.41, 5.74) is 0.456. The van der Waals surface area contributed by atoms with E-state index >= 15 is 0 Å². The van der Waals surface area contributed by atoms with Gasteiger partial charge in [0.1, 0.15) is 11.6 Å². The summed E-state index contributed by atoms with van der Waals surface area (Å²) in [5, 5.41) is 15.4. The maximum atomic E-state index is 14.6. The van der Waals surface area contributed by atoms with Gasteiger partial charge in [-0.15, -0.1) is 0 Å². The molecule has 0 bridgehead atoms. The number of rotatable bonds is 7. The SMILES string of the molecule is O=C(c1ccc(F)c(F)c1Nc1ccc(I)cc1F)N1CC(CNCc2cccc(O)c2)C1. The van der Waals surface area contributed by atoms with Crippen LogP contribution in [0.15, 0.2) is 54.6 Å². The van der Waals surface area contributed by atoms with E-state index < -0.39 is 23.4 Å². The summed E-state index contributed by atoms with van der Waals surface area (Å²) in [6.45, 7) is 2.16. The fourth-order valence-corrected chi connectivity index (χ4v) is 4.15. The third kappa shape index (κ3) is 5.41. The quantitative estimate of drug-likeness (QED) is 0.351. The summed E-state index contributed by atoms with van der Waals surface area (Å²) < 4.78 is 43.4. The van der Waals surface area contributed by atoms with E-state index in [2.05, 4.69) is 10.6 Å². The standard InChI is InChI=1S/C24H21F3IN3O2/c25-19-6-5-18(23(22(19)27)30-21-7-4-16(28)9-20(21)26)24(33)31-12-15(13-31)11-29-10-14-2-1-3-17(32)8-14/h1-9,15,29-30,32H,10-13H2. The van der Waals surface area contributed by atoms with Crippen LogP contribution >= 0.6 is 22.6 Å². The van der Waals surface area contributed by atoms with E-state index in [1.54, 1.807) is 29.2 Å². The highest BCUT2D eigenvalue weighted by atomic mass is 127. The summed E-state index contributed by atoms with van der Waals surface area (Å²) in [6, 6.07) is 13.3. The lowest BCUT2D eigenvalue weighted by molar-refractivity contribution is 0.0501. The van der Waals surface area contributed by atoms with Gasteiger partial charge in [0.2, 0.25) is 0 Å². The Morgan fingerprint density at radius 2 is 1.85 bits per heavy atom. The smallest absolute Gasteiger partial charge is 0.256 e. The highest BCUT2D eigenvalue weighted by Crippen LogP contribution is 2.31. The van der Waals surface area contributed by atoms with Gasteiger partial charge in [0.05, 0.1) is 16.9 Å². The normalized spacial score (nSPS) is 13.6. The molecule has 1 saturated heterocycles. The van der Waals surface area contributed by atoms with Crippen molar-refractivity contribution in [2.75, 3.05) is 25.0 Å². The number of anilines is 2. The number of likely N-dealkylation sites (tertiary alicyclic amines) is 1. The number of carbonyl (C=O) groups is 1. The minimum atomic E-state index is -1.23. The number of carbonyl (C=O) groups excluding carboxylic acids is 1. The van der Waals surface area contributed by atoms with E-state index in [9.17, 15) is 23.1 Å². The van der Waals surface area contributed by atoms with Crippen molar-refractivity contribution in [3.05, 3.63) is 86.7 Å². The molecule has 3 aromatic rings. The van der Waals surface area contributed by atoms with Gasteiger partial charge < -0.3 is 20.6 Å². The molecule has 1 aliphatic heterocycles. The molecule has 0 aromatic heterocycles. The first-order valence-electron chi connectivity index (χ1n) is 10.3. The highest BCUT2D eigenvalue weighted by Gasteiger charge is 2.33. The van der Waals surface area contributed by atoms with Gasteiger partial charge >= 0.3 is 0 Å². The Hall–Kier alpha value is -2.79. The molecule has 0 aliphatic carbocycles. The Labute approximate surface area is 202 Å². The summed E-state index contributed by atoms with van der Waals surface area (Å²) in [5.74, 6) is -3.03. The minimum absolute atomic E-state index is 0.0494. The average molecular weight is 567 g/mol. The van der Waals surface area contributed by atoms with Crippen LogP contribution in [0.4, 0.5) is 24.5 Å². The van der Waals surface area contributed by atoms with Crippen molar-refractivity contribution >= 4 is 39.9 Å². The van der Waals surface area contributed by atoms with Gasteiger partial charge in [0.25, 0.3) is 5.91 Å². The fraction of sp³-hybridized carbons (Fsp3) is 0.208. The zero-order valence-corrected chi connectivity index (χ0v) is 19.6. The fourth-order valence-electron chi connectivity index (χ4n) is 3.70. The van der Waals surface area contributed by atoms with E-state index in [4.69, 9.17) is 0 Å². The van der Waals surface area contributed by atoms with E-state index in [0.717, 1.165) is 11.6 Å². The predicted molar refractivity (Wildman–Crippen MR) is 128 cm³/mol. The number of hydrogen-bond acceptors (Lipinski definition) is 4. The molecule has 1 amide bonds. The summed E-state index contributed by atoms with van der Waals surface area (Å²) >= 11 is 1.94. The Morgan fingerprint density at radius 3 is 2.58 bits per heavy atom. The average Bonchev–Trinajstić information content (AvgIpc) is 2.74. The molecule has 0 atom stereocenters. The Kier molecular flexibility index (Phi) is 7.08. The number of amides is 1. The number of phenols is 1. The number of nitrogens with one attached hydrogen (secondary N) is 2. The zero-order chi connectivity index (χ0) is 23.5. The third-order valence-electron chi connectivity index (χ3n) is 5.43. The number of phenolic OH excluding ortho intramolecular Hbond substituents is 1. The molecule has 9 heteroatoms. The molecule has 1 aliphatic rings. The second-order valence-electron chi connectivity index (χ2n) is 7.91. The highest BCUT2D eigenvalue weighted by molar-refractivity contribution is 14.1. The third-order valence-corrected chi connectivity index (χ3v) is 6.10. The molecular weight excluding hydrogens is 546 g/mol. The first kappa shape index (κ1) is 23.4. The van der Waals surface area contributed by atoms with Gasteiger partial charge in [-0.1, -0.05) is 12.1 Å². The predicted octanol–water partition coefficient (Wildman–Crippen LogP) is 5.02. The van der Waals surface area contributed by atoms with Gasteiger partial charge in [0, 0.05) is 35.7 Å². The van der Waals surface area contributed by atoms with Crippen molar-refractivity contribution in [2.24, 2.45) is 5.92 Å². The van der Waals surface area contributed by atoms with Crippen LogP contribution < -0.4 is 10.6 Å². The first-order valence-corrected chi connectivity index (χ1v) is 11.4. The van der Waals surface area contributed by atoms with Crippen LogP contribution in [-0.4, -0.2) is 35.5 Å². The van der Waals surface area contributed by atoms with Gasteiger partial charge in [-0.25, -0.2) is 13.2 Å². The maximum absolute atomic E-state index is 14.6. The van der Waals surface area contributed by atoms with Gasteiger partial charge in [-0.3, -0.25) is 4.79 Å². The van der Waals surface area contributed by atoms with Crippen molar-refractivity contribution in [1.29, 1.82) is 0 Å². The first-order chi connectivity index (χ1) is 15.8. The second-order valence-corrected chi connectivity index (χ2v) is 9.16. The topological polar surface area (TPSA) is 64.6 Å². The van der Waals surface area contributed by atoms with Crippen LogP contribution in [0.5, 0.6) is 5.75 Å². The van der Waals surface area contributed by atoms with Crippen molar-refractivity contribution in [3.8, 4) is 5.75 Å². The van der Waals surface area contributed by atoms with E-state index in [-0.39, 0.29) is 28.6 Å². The molecular formula is C24H21F3IN3O2. The zero-order valence-electron chi connectivity index (χ0n) is 17.4. The van der Waals surface area contributed by atoms with Gasteiger partial charge in [0.15, 0.2) is 11.6 Å². The van der Waals surface area contributed by atoms with E-state index in [0.29, 0.717) is 29.7 Å². The van der Waals surface area contributed by atoms with Crippen molar-refractivity contribution in [1.82, 2.24) is 10.2 Å². The van der Waals surface area contributed by atoms with Crippen LogP contribution in [0, 0.1) is 26.9 Å². The van der Waals surface area contributed by atoms with E-state index in [1.165, 1.54) is 18.2 Å². The van der Waals surface area contributed by atoms with Crippen LogP contribution in [0.25, 0.3) is 0 Å². The number of aromatic hydroxyl groups is 1. The van der Waals surface area contributed by atoms with Crippen molar-refractivity contribution in [2.45, 2.75) is 6.54 Å². The molecule has 0 radical (unpaired) electrons. The largest absolute Gasteiger partial charge is 0.508 e. The number of benzene rings is 3. The molecule has 1 fully saturated rings. The lowest BCUT2D eigenvalue weighted by Crippen LogP contribution is -2.53. The second kappa shape index (κ2) is 10.0. The minimum Gasteiger partial charge on any atom is -0.508 e. The molecule has 5 nitrogen and oxygen atoms in total. The Morgan fingerprint density at radius 1 is 1.06 bits per heavy atom. The molecule has 3 N–H and O–H groups in total. The van der Waals surface area contributed by atoms with Gasteiger partial charge in [-0.2, -0.15) is 0 Å². The van der Waals surface area contributed by atoms with Crippen molar-refractivity contribution < 1.29 is 23.1 Å². The number of halogens is 4. The van der Waals surface area contributed by atoms with Gasteiger partial charge in [-0.05, 0) is 70.6 Å². The number of hydrogen-bond donors (Lipinski definition) is 3. The van der Waals surface area contributed by atoms with Crippen LogP contribution in [-0.2, 0) is 6.54 Å². The molecule has 33 heavy (non-hydrogen) atoms. The summed E-state index contributed by atoms with van der Waals surface area (Å²) in [6.07, 6.45) is 0. The van der Waals surface area contributed by atoms with E-state index in [1.807, 2.05) is 28.7 Å². The Balaban J connectivity index is 1.40. The summed E-state index contributed by atoms with van der Waals surface area (Å²) in [7, 11) is 0.